The molecule has 6 aromatic rings. The molecule has 6 rings (SSSR count). The Morgan fingerprint density at radius 2 is 1.31 bits per heavy atom. The van der Waals surface area contributed by atoms with Crippen molar-refractivity contribution in [1.82, 2.24) is 9.97 Å². The highest BCUT2D eigenvalue weighted by Gasteiger charge is 2.19. The highest BCUT2D eigenvalue weighted by Crippen LogP contribution is 2.39. The predicted molar refractivity (Wildman–Crippen MR) is 124 cm³/mol. The van der Waals surface area contributed by atoms with Gasteiger partial charge in [0.25, 0.3) is 0 Å². The van der Waals surface area contributed by atoms with Crippen molar-refractivity contribution in [3.05, 3.63) is 91.0 Å². The Morgan fingerprint density at radius 1 is 0.625 bits per heavy atom. The highest BCUT2D eigenvalue weighted by molar-refractivity contribution is 6.12. The molecule has 0 unspecified atom stereocenters. The van der Waals surface area contributed by atoms with Crippen LogP contribution >= 0.6 is 0 Å². The van der Waals surface area contributed by atoms with E-state index in [0.29, 0.717) is 17.0 Å². The van der Waals surface area contributed by atoms with Crippen LogP contribution in [0, 0.1) is 0 Å². The van der Waals surface area contributed by atoms with Crippen LogP contribution in [0.2, 0.25) is 0 Å². The number of para-hydroxylation sites is 3. The van der Waals surface area contributed by atoms with E-state index in [1.54, 1.807) is 12.1 Å². The third kappa shape index (κ3) is 2.82. The van der Waals surface area contributed by atoms with Crippen LogP contribution in [0.4, 0.5) is 5.69 Å². The summed E-state index contributed by atoms with van der Waals surface area (Å²) in [5.74, 6) is 0.540. The third-order valence-corrected chi connectivity index (χ3v) is 5.61. The monoisotopic (exact) mass is 419 g/mol. The molecule has 0 fully saturated rings. The lowest BCUT2D eigenvalue weighted by Crippen LogP contribution is -2.10. The molecule has 0 aliphatic heterocycles. The molecule has 6 heteroatoms. The fourth-order valence-corrected chi connectivity index (χ4v) is 4.15. The van der Waals surface area contributed by atoms with Crippen molar-refractivity contribution in [3.8, 4) is 22.6 Å². The van der Waals surface area contributed by atoms with Crippen LogP contribution in [0.5, 0.6) is 0 Å². The lowest BCUT2D eigenvalue weighted by molar-refractivity contribution is 0.0295. The van der Waals surface area contributed by atoms with Crippen LogP contribution < -0.4 is 5.23 Å². The molecule has 2 heterocycles. The highest BCUT2D eigenvalue weighted by atomic mass is 16.8. The second kappa shape index (κ2) is 7.16. The van der Waals surface area contributed by atoms with Crippen molar-refractivity contribution in [2.75, 3.05) is 5.23 Å². The summed E-state index contributed by atoms with van der Waals surface area (Å²) in [6.45, 7) is 0. The van der Waals surface area contributed by atoms with E-state index in [-0.39, 0.29) is 10.9 Å². The second-order valence-corrected chi connectivity index (χ2v) is 7.51. The molecule has 0 amide bonds. The smallest absolute Gasteiger partial charge is 0.164 e. The zero-order valence-corrected chi connectivity index (χ0v) is 16.8. The van der Waals surface area contributed by atoms with E-state index in [2.05, 4.69) is 0 Å². The number of aromatic nitrogens is 2. The van der Waals surface area contributed by atoms with Gasteiger partial charge in [-0.05, 0) is 18.2 Å². The average Bonchev–Trinajstić information content (AvgIpc) is 3.22. The van der Waals surface area contributed by atoms with Gasteiger partial charge in [0.2, 0.25) is 0 Å². The van der Waals surface area contributed by atoms with E-state index in [0.717, 1.165) is 38.5 Å². The molecule has 0 aliphatic carbocycles. The van der Waals surface area contributed by atoms with Crippen molar-refractivity contribution < 1.29 is 14.8 Å². The van der Waals surface area contributed by atoms with Gasteiger partial charge in [-0.1, -0.05) is 72.8 Å². The predicted octanol–water partition coefficient (Wildman–Crippen LogP) is 6.45. The maximum absolute atomic E-state index is 9.62. The average molecular weight is 419 g/mol. The van der Waals surface area contributed by atoms with Gasteiger partial charge in [0.1, 0.15) is 11.3 Å². The molecule has 32 heavy (non-hydrogen) atoms. The first-order valence-corrected chi connectivity index (χ1v) is 10.2. The number of furan rings is 1. The van der Waals surface area contributed by atoms with Gasteiger partial charge in [-0.25, -0.2) is 9.97 Å². The molecular formula is C26H17N3O3. The molecule has 6 nitrogen and oxygen atoms in total. The zero-order chi connectivity index (χ0) is 21.7. The number of fused-ring (bicyclic) bond motifs is 4. The first-order chi connectivity index (χ1) is 15.7. The Morgan fingerprint density at radius 3 is 2.12 bits per heavy atom. The summed E-state index contributed by atoms with van der Waals surface area (Å²) in [5, 5.41) is 21.9. The number of nitrogens with zero attached hydrogens (tertiary/aromatic N) is 3. The molecule has 0 saturated carbocycles. The summed E-state index contributed by atoms with van der Waals surface area (Å²) in [6, 6.07) is 28.9. The SMILES string of the molecule is ON(O)c1cccc2c1oc1c(-c3nc(-c4ccccc4)c4ccccc4n3)cccc12. The molecule has 0 bridgehead atoms. The Balaban J connectivity index is 1.67. The van der Waals surface area contributed by atoms with Crippen LogP contribution in [0.1, 0.15) is 0 Å². The number of hydrogen-bond acceptors (Lipinski definition) is 6. The summed E-state index contributed by atoms with van der Waals surface area (Å²) in [5.41, 5.74) is 4.54. The molecule has 0 radical (unpaired) electrons. The molecule has 0 spiro atoms. The molecular weight excluding hydrogens is 402 g/mol. The number of rotatable bonds is 3. The van der Waals surface area contributed by atoms with E-state index in [1.165, 1.54) is 0 Å². The van der Waals surface area contributed by atoms with Crippen molar-refractivity contribution in [2.24, 2.45) is 0 Å². The van der Waals surface area contributed by atoms with E-state index < -0.39 is 0 Å². The van der Waals surface area contributed by atoms with Gasteiger partial charge in [0.05, 0.1) is 16.8 Å². The van der Waals surface area contributed by atoms with Crippen molar-refractivity contribution in [1.29, 1.82) is 0 Å². The largest absolute Gasteiger partial charge is 0.453 e. The normalized spacial score (nSPS) is 11.4. The number of anilines is 1. The van der Waals surface area contributed by atoms with Gasteiger partial charge in [-0.15, -0.1) is 5.23 Å². The second-order valence-electron chi connectivity index (χ2n) is 7.51. The van der Waals surface area contributed by atoms with Crippen molar-refractivity contribution in [2.45, 2.75) is 0 Å². The fourth-order valence-electron chi connectivity index (χ4n) is 4.15. The molecule has 0 saturated heterocycles. The van der Waals surface area contributed by atoms with Crippen LogP contribution in [-0.4, -0.2) is 20.4 Å². The summed E-state index contributed by atoms with van der Waals surface area (Å²) >= 11 is 0. The minimum absolute atomic E-state index is 0.0738. The molecule has 2 aromatic heterocycles. The van der Waals surface area contributed by atoms with Crippen LogP contribution in [0.3, 0.4) is 0 Å². The van der Waals surface area contributed by atoms with Gasteiger partial charge < -0.3 is 4.42 Å². The molecule has 0 atom stereocenters. The Labute approximate surface area is 182 Å². The molecule has 2 N–H and O–H groups in total. The van der Waals surface area contributed by atoms with Gasteiger partial charge in [-0.2, -0.15) is 0 Å². The third-order valence-electron chi connectivity index (χ3n) is 5.61. The minimum Gasteiger partial charge on any atom is -0.453 e. The number of benzene rings is 4. The number of hydrogen-bond donors (Lipinski definition) is 2. The topological polar surface area (TPSA) is 82.6 Å². The van der Waals surface area contributed by atoms with Crippen molar-refractivity contribution >= 4 is 38.5 Å². The maximum atomic E-state index is 9.62. The Kier molecular flexibility index (Phi) is 4.14. The maximum Gasteiger partial charge on any atom is 0.164 e. The van der Waals surface area contributed by atoms with Crippen molar-refractivity contribution in [3.63, 3.8) is 0 Å². The van der Waals surface area contributed by atoms with Gasteiger partial charge in [0, 0.05) is 21.7 Å². The van der Waals surface area contributed by atoms with Crippen LogP contribution in [0.25, 0.3) is 55.5 Å². The molecule has 4 aromatic carbocycles. The van der Waals surface area contributed by atoms with E-state index in [1.807, 2.05) is 78.9 Å². The first kappa shape index (κ1) is 18.5. The van der Waals surface area contributed by atoms with E-state index in [9.17, 15) is 10.4 Å². The fraction of sp³-hybridized carbons (Fsp3) is 0. The lowest BCUT2D eigenvalue weighted by Gasteiger charge is -2.09. The first-order valence-electron chi connectivity index (χ1n) is 10.2. The molecule has 154 valence electrons. The quantitative estimate of drug-likeness (QED) is 0.321. The van der Waals surface area contributed by atoms with Gasteiger partial charge in [-0.3, -0.25) is 10.4 Å². The summed E-state index contributed by atoms with van der Waals surface area (Å²) in [7, 11) is 0. The Hall–Kier alpha value is -4.26. The summed E-state index contributed by atoms with van der Waals surface area (Å²) in [6.07, 6.45) is 0. The van der Waals surface area contributed by atoms with Gasteiger partial charge in [0.15, 0.2) is 11.4 Å². The summed E-state index contributed by atoms with van der Waals surface area (Å²) < 4.78 is 6.15. The summed E-state index contributed by atoms with van der Waals surface area (Å²) in [4.78, 5) is 9.77. The van der Waals surface area contributed by atoms with Gasteiger partial charge >= 0.3 is 0 Å². The van der Waals surface area contributed by atoms with E-state index in [4.69, 9.17) is 14.4 Å². The Bertz CT molecular complexity index is 1610. The van der Waals surface area contributed by atoms with Crippen LogP contribution in [-0.2, 0) is 0 Å². The van der Waals surface area contributed by atoms with E-state index >= 15 is 0 Å². The zero-order valence-electron chi connectivity index (χ0n) is 16.8. The lowest BCUT2D eigenvalue weighted by atomic mass is 10.0. The van der Waals surface area contributed by atoms with Crippen LogP contribution in [0.15, 0.2) is 95.4 Å². The minimum atomic E-state index is 0.0738. The molecule has 0 aliphatic rings. The standard InChI is InChI=1S/C26H17N3O3/c30-29(31)22-15-7-12-18-17-11-6-13-20(24(17)32-25(18)22)26-27-21-14-5-4-10-19(21)23(28-26)16-8-2-1-3-9-16/h1-15,30-31H.